The summed E-state index contributed by atoms with van der Waals surface area (Å²) in [5.41, 5.74) is 0.788. The highest BCUT2D eigenvalue weighted by atomic mass is 35.5. The third-order valence-electron chi connectivity index (χ3n) is 5.99. The smallest absolute Gasteiger partial charge is 0.324 e. The van der Waals surface area contributed by atoms with Crippen LogP contribution < -0.4 is 15.4 Å². The number of rotatable bonds is 7. The van der Waals surface area contributed by atoms with Crippen LogP contribution in [0.2, 0.25) is 5.02 Å². The summed E-state index contributed by atoms with van der Waals surface area (Å²) < 4.78 is 6.96. The van der Waals surface area contributed by atoms with Crippen molar-refractivity contribution in [1.29, 1.82) is 0 Å². The Labute approximate surface area is 201 Å². The van der Waals surface area contributed by atoms with E-state index in [1.54, 1.807) is 28.3 Å². The summed E-state index contributed by atoms with van der Waals surface area (Å²) in [4.78, 5) is 41.6. The lowest BCUT2D eigenvalue weighted by Crippen LogP contribution is -2.33. The molecule has 0 unspecified atom stereocenters. The minimum Gasteiger partial charge on any atom is -0.443 e. The normalized spacial score (nSPS) is 19.1. The molecule has 1 aromatic heterocycles. The van der Waals surface area contributed by atoms with Gasteiger partial charge in [-0.05, 0) is 56.3 Å². The van der Waals surface area contributed by atoms with Crippen molar-refractivity contribution in [2.45, 2.75) is 57.7 Å². The highest BCUT2D eigenvalue weighted by molar-refractivity contribution is 7.07. The van der Waals surface area contributed by atoms with Gasteiger partial charge in [0.2, 0.25) is 5.91 Å². The van der Waals surface area contributed by atoms with Gasteiger partial charge in [-0.15, -0.1) is 11.3 Å². The first kappa shape index (κ1) is 23.7. The largest absolute Gasteiger partial charge is 0.443 e. The predicted molar refractivity (Wildman–Crippen MR) is 126 cm³/mol. The van der Waals surface area contributed by atoms with E-state index < -0.39 is 5.91 Å². The first-order valence-electron chi connectivity index (χ1n) is 11.2. The quantitative estimate of drug-likeness (QED) is 0.576. The maximum Gasteiger partial charge on any atom is 0.324 e. The zero-order chi connectivity index (χ0) is 23.2. The van der Waals surface area contributed by atoms with E-state index in [2.05, 4.69) is 15.6 Å². The fourth-order valence-electron chi connectivity index (χ4n) is 4.18. The number of benzene rings is 1. The zero-order valence-corrected chi connectivity index (χ0v) is 19.8. The molecule has 2 N–H and O–H groups in total. The van der Waals surface area contributed by atoms with Gasteiger partial charge in [-0.2, -0.15) is 4.99 Å². The second kappa shape index (κ2) is 11.1. The molecule has 1 aliphatic heterocycles. The van der Waals surface area contributed by atoms with Gasteiger partial charge in [-0.25, -0.2) is 0 Å². The summed E-state index contributed by atoms with van der Waals surface area (Å²) in [5, 5.41) is 7.99. The highest BCUT2D eigenvalue weighted by Gasteiger charge is 2.23. The molecule has 2 heterocycles. The Morgan fingerprint density at radius 3 is 2.76 bits per heavy atom. The Hall–Kier alpha value is -2.49. The van der Waals surface area contributed by atoms with Crippen LogP contribution in [-0.2, 0) is 21.1 Å². The maximum atomic E-state index is 12.7. The molecule has 1 atom stereocenters. The minimum atomic E-state index is -0.472. The van der Waals surface area contributed by atoms with Gasteiger partial charge in [0.05, 0.1) is 10.7 Å². The van der Waals surface area contributed by atoms with E-state index in [4.69, 9.17) is 16.3 Å². The van der Waals surface area contributed by atoms with E-state index in [1.165, 1.54) is 30.2 Å². The molecule has 176 valence electrons. The molecule has 0 bridgehead atoms. The minimum absolute atomic E-state index is 0.0145. The molecule has 0 spiro atoms. The highest BCUT2D eigenvalue weighted by Crippen LogP contribution is 2.29. The number of halogens is 1. The fraction of sp³-hybridized carbons (Fsp3) is 0.478. The van der Waals surface area contributed by atoms with Crippen LogP contribution in [0.3, 0.4) is 0 Å². The number of nitrogens with zero attached hydrogens (tertiary/aromatic N) is 2. The molecule has 8 nitrogen and oxygen atoms in total. The van der Waals surface area contributed by atoms with Crippen molar-refractivity contribution >= 4 is 46.4 Å². The lowest BCUT2D eigenvalue weighted by Gasteiger charge is -2.11. The average Bonchev–Trinajstić information content (AvgIpc) is 3.57. The molecule has 1 aliphatic carbocycles. The average molecular weight is 491 g/mol. The van der Waals surface area contributed by atoms with Crippen LogP contribution in [0.15, 0.2) is 34.8 Å². The van der Waals surface area contributed by atoms with Crippen LogP contribution in [0, 0.1) is 5.92 Å². The Bertz CT molecular complexity index is 1080. The molecule has 1 saturated heterocycles. The third-order valence-corrected chi connectivity index (χ3v) is 7.09. The van der Waals surface area contributed by atoms with Crippen LogP contribution in [-0.4, -0.2) is 34.9 Å². The number of thiazole rings is 1. The monoisotopic (exact) mass is 490 g/mol. The summed E-state index contributed by atoms with van der Waals surface area (Å²) >= 11 is 7.59. The number of esters is 1. The van der Waals surface area contributed by atoms with E-state index in [0.29, 0.717) is 28.4 Å². The van der Waals surface area contributed by atoms with Gasteiger partial charge in [0.25, 0.3) is 5.91 Å². The molecular formula is C23H27ClN4O4S. The number of ether oxygens (including phenoxy) is 1. The van der Waals surface area contributed by atoms with Gasteiger partial charge in [0, 0.05) is 23.6 Å². The molecule has 4 rings (SSSR count). The van der Waals surface area contributed by atoms with E-state index in [1.807, 2.05) is 0 Å². The summed E-state index contributed by atoms with van der Waals surface area (Å²) in [6.45, 7) is 0.797. The maximum absolute atomic E-state index is 12.7. The second-order valence-corrected chi connectivity index (χ2v) is 9.69. The number of amides is 2. The van der Waals surface area contributed by atoms with E-state index >= 15 is 0 Å². The molecule has 10 heteroatoms. The second-order valence-electron chi connectivity index (χ2n) is 8.41. The van der Waals surface area contributed by atoms with Gasteiger partial charge in [0.1, 0.15) is 6.04 Å². The topological polar surface area (TPSA) is 102 Å². The van der Waals surface area contributed by atoms with Gasteiger partial charge in [-0.3, -0.25) is 19.0 Å². The van der Waals surface area contributed by atoms with E-state index in [-0.39, 0.29) is 29.7 Å². The predicted octanol–water partition coefficient (Wildman–Crippen LogP) is 3.72. The third kappa shape index (κ3) is 6.31. The van der Waals surface area contributed by atoms with Crippen molar-refractivity contribution in [2.75, 3.05) is 11.9 Å². The first-order valence-corrected chi connectivity index (χ1v) is 12.5. The fourth-order valence-corrected chi connectivity index (χ4v) is 5.13. The van der Waals surface area contributed by atoms with Crippen molar-refractivity contribution in [3.8, 4) is 0 Å². The lowest BCUT2D eigenvalue weighted by molar-refractivity contribution is -0.149. The first-order chi connectivity index (χ1) is 16.0. The van der Waals surface area contributed by atoms with Gasteiger partial charge >= 0.3 is 5.97 Å². The van der Waals surface area contributed by atoms with E-state index in [9.17, 15) is 14.4 Å². The van der Waals surface area contributed by atoms with Gasteiger partial charge in [-0.1, -0.05) is 24.4 Å². The number of hydrogen-bond acceptors (Lipinski definition) is 6. The van der Waals surface area contributed by atoms with Crippen molar-refractivity contribution in [3.05, 3.63) is 45.2 Å². The molecule has 2 aromatic rings. The Balaban J connectivity index is 1.38. The Morgan fingerprint density at radius 2 is 2.03 bits per heavy atom. The number of aromatic nitrogens is 1. The molecule has 2 fully saturated rings. The van der Waals surface area contributed by atoms with Crippen LogP contribution >= 0.6 is 22.9 Å². The van der Waals surface area contributed by atoms with Crippen molar-refractivity contribution in [3.63, 3.8) is 0 Å². The molecule has 2 aliphatic rings. The van der Waals surface area contributed by atoms with Crippen molar-refractivity contribution < 1.29 is 19.1 Å². The van der Waals surface area contributed by atoms with Crippen LogP contribution in [0.25, 0.3) is 0 Å². The lowest BCUT2D eigenvalue weighted by atomic mass is 10.0. The van der Waals surface area contributed by atoms with Crippen molar-refractivity contribution in [2.24, 2.45) is 10.9 Å². The standard InChI is InChI=1S/C23H27ClN4O4S/c24-17-13-16(7-8-18(17)26-20(29)12-15-4-1-2-5-15)21(30)27-23-28(10-11-33-23)14-32-22(31)19-6-3-9-25-19/h7-8,10-11,13,15,19,25H,1-6,9,12,14H2,(H,26,29)/b27-23-/t19-/m0/s1. The Morgan fingerprint density at radius 1 is 1.21 bits per heavy atom. The zero-order valence-electron chi connectivity index (χ0n) is 18.2. The molecule has 2 amide bonds. The van der Waals surface area contributed by atoms with Gasteiger partial charge < -0.3 is 15.4 Å². The molecule has 0 radical (unpaired) electrons. The SMILES string of the molecule is O=C(CC1CCCC1)Nc1ccc(C(=O)/N=c2\sccn2COC(=O)[C@@H]2CCCN2)cc1Cl. The van der Waals surface area contributed by atoms with Crippen molar-refractivity contribution in [1.82, 2.24) is 9.88 Å². The molecule has 33 heavy (non-hydrogen) atoms. The van der Waals surface area contributed by atoms with Crippen LogP contribution in [0.5, 0.6) is 0 Å². The number of hydrogen-bond donors (Lipinski definition) is 2. The van der Waals surface area contributed by atoms with Crippen LogP contribution in [0.4, 0.5) is 5.69 Å². The van der Waals surface area contributed by atoms with Crippen LogP contribution in [0.1, 0.15) is 55.3 Å². The Kier molecular flexibility index (Phi) is 7.95. The summed E-state index contributed by atoms with van der Waals surface area (Å²) in [7, 11) is 0. The number of nitrogens with one attached hydrogen (secondary N) is 2. The van der Waals surface area contributed by atoms with E-state index in [0.717, 1.165) is 32.2 Å². The number of anilines is 1. The van der Waals surface area contributed by atoms with Gasteiger partial charge in [0.15, 0.2) is 11.5 Å². The molecule has 1 aromatic carbocycles. The summed E-state index contributed by atoms with van der Waals surface area (Å²) in [6.07, 6.45) is 8.47. The summed E-state index contributed by atoms with van der Waals surface area (Å²) in [5.74, 6) is -0.397. The summed E-state index contributed by atoms with van der Waals surface area (Å²) in [6, 6.07) is 4.44. The molecule has 1 saturated carbocycles. The number of carbonyl (C=O) groups is 3. The molecular weight excluding hydrogens is 464 g/mol. The number of carbonyl (C=O) groups excluding carboxylic acids is 3.